The fourth-order valence-corrected chi connectivity index (χ4v) is 0.573. The topological polar surface area (TPSA) is 104 Å². The van der Waals surface area contributed by atoms with Crippen LogP contribution in [0.3, 0.4) is 0 Å². The van der Waals surface area contributed by atoms with Crippen LogP contribution >= 0.6 is 0 Å². The molecule has 0 unspecified atom stereocenters. The monoisotopic (exact) mass is 138 g/mol. The summed E-state index contributed by atoms with van der Waals surface area (Å²) >= 11 is 0. The zero-order chi connectivity index (χ0) is 6.97. The van der Waals surface area contributed by atoms with Crippen molar-refractivity contribution in [3.63, 3.8) is 0 Å². The van der Waals surface area contributed by atoms with E-state index in [2.05, 4.69) is 30.3 Å². The highest BCUT2D eigenvalue weighted by molar-refractivity contribution is 5.77. The largest absolute Gasteiger partial charge is 0.379 e. The number of anilines is 1. The fraction of sp³-hybridized carbons (Fsp3) is 0. The summed E-state index contributed by atoms with van der Waals surface area (Å²) in [7, 11) is 0. The highest BCUT2D eigenvalue weighted by Crippen LogP contribution is 2.11. The van der Waals surface area contributed by atoms with Crippen molar-refractivity contribution in [3.05, 3.63) is 0 Å². The molecule has 2 rings (SSSR count). The standard InChI is InChI=1S/C3H2N6O/c4-2-1-3(10-7-2)6-9-8-5-1/h(H2,4,7). The lowest BCUT2D eigenvalue weighted by molar-refractivity contribution is 0.447. The van der Waals surface area contributed by atoms with Crippen molar-refractivity contribution < 1.29 is 4.52 Å². The Balaban J connectivity index is 2.93. The van der Waals surface area contributed by atoms with Crippen molar-refractivity contribution in [1.29, 1.82) is 0 Å². The molecule has 2 aromatic rings. The molecule has 0 saturated heterocycles. The summed E-state index contributed by atoms with van der Waals surface area (Å²) < 4.78 is 4.60. The predicted octanol–water partition coefficient (Wildman–Crippen LogP) is -1.01. The van der Waals surface area contributed by atoms with Crippen molar-refractivity contribution in [1.82, 2.24) is 25.8 Å². The Morgan fingerprint density at radius 1 is 1.20 bits per heavy atom. The van der Waals surface area contributed by atoms with Crippen LogP contribution in [0.2, 0.25) is 0 Å². The van der Waals surface area contributed by atoms with Crippen molar-refractivity contribution in [2.75, 3.05) is 5.73 Å². The second-order valence-corrected chi connectivity index (χ2v) is 1.60. The van der Waals surface area contributed by atoms with Crippen molar-refractivity contribution in [3.8, 4) is 0 Å². The van der Waals surface area contributed by atoms with Gasteiger partial charge < -0.3 is 10.3 Å². The van der Waals surface area contributed by atoms with E-state index in [0.29, 0.717) is 5.52 Å². The average molecular weight is 138 g/mol. The lowest BCUT2D eigenvalue weighted by atomic mass is 10.6. The number of hydrogen-bond acceptors (Lipinski definition) is 7. The van der Waals surface area contributed by atoms with Gasteiger partial charge in [0.25, 0.3) is 0 Å². The van der Waals surface area contributed by atoms with Gasteiger partial charge in [-0.05, 0) is 10.4 Å². The lowest BCUT2D eigenvalue weighted by Crippen LogP contribution is -1.92. The summed E-state index contributed by atoms with van der Waals surface area (Å²) in [6.07, 6.45) is 0. The lowest BCUT2D eigenvalue weighted by Gasteiger charge is -1.77. The first-order valence-electron chi connectivity index (χ1n) is 2.45. The number of nitrogens with zero attached hydrogens (tertiary/aromatic N) is 5. The third-order valence-corrected chi connectivity index (χ3v) is 0.996. The van der Waals surface area contributed by atoms with Gasteiger partial charge in [-0.2, -0.15) is 0 Å². The second-order valence-electron chi connectivity index (χ2n) is 1.60. The zero-order valence-electron chi connectivity index (χ0n) is 4.72. The van der Waals surface area contributed by atoms with Gasteiger partial charge in [0.15, 0.2) is 11.3 Å². The Labute approximate surface area is 54.2 Å². The smallest absolute Gasteiger partial charge is 0.300 e. The van der Waals surface area contributed by atoms with Crippen molar-refractivity contribution >= 4 is 17.0 Å². The predicted molar refractivity (Wildman–Crippen MR) is 29.6 cm³/mol. The van der Waals surface area contributed by atoms with E-state index < -0.39 is 0 Å². The van der Waals surface area contributed by atoms with Crippen molar-refractivity contribution in [2.45, 2.75) is 0 Å². The van der Waals surface area contributed by atoms with Gasteiger partial charge in [-0.3, -0.25) is 0 Å². The third kappa shape index (κ3) is 0.508. The van der Waals surface area contributed by atoms with Gasteiger partial charge in [0.05, 0.1) is 0 Å². The summed E-state index contributed by atoms with van der Waals surface area (Å²) in [4.78, 5) is 0. The molecule has 2 N–H and O–H groups in total. The highest BCUT2D eigenvalue weighted by atomic mass is 16.5. The van der Waals surface area contributed by atoms with E-state index in [-0.39, 0.29) is 11.5 Å². The van der Waals surface area contributed by atoms with Crippen LogP contribution < -0.4 is 5.73 Å². The number of nitrogens with two attached hydrogens (primary N) is 1. The first-order valence-corrected chi connectivity index (χ1v) is 2.45. The molecule has 0 aromatic carbocycles. The van der Waals surface area contributed by atoms with E-state index in [1.165, 1.54) is 0 Å². The summed E-state index contributed by atoms with van der Waals surface area (Å²) in [6, 6.07) is 0. The minimum Gasteiger partial charge on any atom is -0.379 e. The summed E-state index contributed by atoms with van der Waals surface area (Å²) in [5, 5.41) is 16.9. The normalized spacial score (nSPS) is 10.4. The number of rotatable bonds is 0. The Morgan fingerprint density at radius 3 is 2.80 bits per heavy atom. The molecule has 0 aliphatic carbocycles. The molecule has 0 aliphatic heterocycles. The zero-order valence-corrected chi connectivity index (χ0v) is 4.72. The van der Waals surface area contributed by atoms with Crippen LogP contribution in [-0.4, -0.2) is 25.8 Å². The van der Waals surface area contributed by atoms with Gasteiger partial charge >= 0.3 is 5.71 Å². The molecule has 0 bridgehead atoms. The Bertz CT molecular complexity index is 355. The number of nitrogen functional groups attached to an aromatic ring is 1. The molecule has 7 heteroatoms. The van der Waals surface area contributed by atoms with Gasteiger partial charge in [0, 0.05) is 0 Å². The molecular weight excluding hydrogens is 136 g/mol. The average Bonchev–Trinajstić information content (AvgIpc) is 2.34. The van der Waals surface area contributed by atoms with Gasteiger partial charge in [-0.1, -0.05) is 10.3 Å². The molecule has 2 heterocycles. The van der Waals surface area contributed by atoms with Gasteiger partial charge in [0.2, 0.25) is 0 Å². The van der Waals surface area contributed by atoms with Crippen LogP contribution in [0, 0.1) is 0 Å². The Kier molecular flexibility index (Phi) is 0.802. The molecule has 0 saturated carbocycles. The number of hydrogen-bond donors (Lipinski definition) is 1. The second kappa shape index (κ2) is 1.59. The Morgan fingerprint density at radius 2 is 2.00 bits per heavy atom. The third-order valence-electron chi connectivity index (χ3n) is 0.996. The quantitative estimate of drug-likeness (QED) is 0.497. The fourth-order valence-electron chi connectivity index (χ4n) is 0.573. The van der Waals surface area contributed by atoms with Crippen LogP contribution in [0.15, 0.2) is 4.52 Å². The number of aromatic nitrogens is 5. The molecule has 2 aromatic heterocycles. The van der Waals surface area contributed by atoms with E-state index in [4.69, 9.17) is 5.73 Å². The molecule has 50 valence electrons. The SMILES string of the molecule is Nc1noc2nnnnc12. The maximum Gasteiger partial charge on any atom is 0.300 e. The first kappa shape index (κ1) is 5.03. The van der Waals surface area contributed by atoms with E-state index >= 15 is 0 Å². The van der Waals surface area contributed by atoms with E-state index in [0.717, 1.165) is 0 Å². The van der Waals surface area contributed by atoms with Crippen LogP contribution in [0.25, 0.3) is 11.2 Å². The Hall–Kier alpha value is -1.79. The molecule has 7 nitrogen and oxygen atoms in total. The van der Waals surface area contributed by atoms with Crippen molar-refractivity contribution in [2.24, 2.45) is 0 Å². The number of fused-ring (bicyclic) bond motifs is 1. The van der Waals surface area contributed by atoms with Gasteiger partial charge in [0.1, 0.15) is 0 Å². The minimum atomic E-state index is 0.178. The van der Waals surface area contributed by atoms with E-state index in [9.17, 15) is 0 Å². The highest BCUT2D eigenvalue weighted by Gasteiger charge is 2.06. The van der Waals surface area contributed by atoms with Crippen LogP contribution in [0.4, 0.5) is 5.82 Å². The molecular formula is C3H2N6O. The molecule has 0 amide bonds. The molecule has 0 radical (unpaired) electrons. The van der Waals surface area contributed by atoms with E-state index in [1.807, 2.05) is 0 Å². The van der Waals surface area contributed by atoms with Crippen LogP contribution in [0.5, 0.6) is 0 Å². The van der Waals surface area contributed by atoms with Gasteiger partial charge in [-0.15, -0.1) is 5.10 Å². The van der Waals surface area contributed by atoms with Gasteiger partial charge in [-0.25, -0.2) is 0 Å². The summed E-state index contributed by atoms with van der Waals surface area (Å²) in [5.41, 5.74) is 5.85. The maximum atomic E-state index is 5.30. The molecule has 0 atom stereocenters. The summed E-state index contributed by atoms with van der Waals surface area (Å²) in [5.74, 6) is 0.178. The van der Waals surface area contributed by atoms with Crippen LogP contribution in [-0.2, 0) is 0 Å². The minimum absolute atomic E-state index is 0.178. The molecule has 0 fully saturated rings. The molecule has 0 spiro atoms. The molecule has 10 heavy (non-hydrogen) atoms. The summed E-state index contributed by atoms with van der Waals surface area (Å²) in [6.45, 7) is 0. The first-order chi connectivity index (χ1) is 4.88. The maximum absolute atomic E-state index is 5.30. The van der Waals surface area contributed by atoms with Crippen LogP contribution in [0.1, 0.15) is 0 Å². The van der Waals surface area contributed by atoms with E-state index in [1.54, 1.807) is 0 Å². The molecule has 0 aliphatic rings.